The average molecular weight is 310 g/mol. The largest absolute Gasteiger partial charge is 0.467 e. The third-order valence-electron chi connectivity index (χ3n) is 3.49. The van der Waals surface area contributed by atoms with E-state index in [2.05, 4.69) is 5.32 Å². The van der Waals surface area contributed by atoms with Crippen LogP contribution in [0.2, 0.25) is 0 Å². The van der Waals surface area contributed by atoms with Gasteiger partial charge in [-0.15, -0.1) is 0 Å². The number of amides is 2. The summed E-state index contributed by atoms with van der Waals surface area (Å²) < 4.78 is 15.4. The van der Waals surface area contributed by atoms with Crippen molar-refractivity contribution in [3.05, 3.63) is 24.2 Å². The molecule has 1 unspecified atom stereocenters. The molecule has 7 heteroatoms. The monoisotopic (exact) mass is 310 g/mol. The molecule has 7 nitrogen and oxygen atoms in total. The van der Waals surface area contributed by atoms with Crippen LogP contribution in [0.25, 0.3) is 0 Å². The maximum absolute atomic E-state index is 12.0. The van der Waals surface area contributed by atoms with E-state index in [9.17, 15) is 9.59 Å². The Bertz CT molecular complexity index is 474. The molecule has 1 aromatic rings. The Morgan fingerprint density at radius 1 is 1.45 bits per heavy atom. The van der Waals surface area contributed by atoms with Gasteiger partial charge in [-0.1, -0.05) is 0 Å². The molecule has 0 spiro atoms. The van der Waals surface area contributed by atoms with Crippen LogP contribution < -0.4 is 5.32 Å². The number of nitrogens with zero attached hydrogens (tertiary/aromatic N) is 1. The minimum Gasteiger partial charge on any atom is -0.467 e. The highest BCUT2D eigenvalue weighted by Crippen LogP contribution is 2.20. The molecule has 1 aliphatic rings. The van der Waals surface area contributed by atoms with Crippen molar-refractivity contribution in [2.24, 2.45) is 5.92 Å². The molecule has 1 saturated heterocycles. The minimum atomic E-state index is -0.304. The van der Waals surface area contributed by atoms with Crippen molar-refractivity contribution < 1.29 is 23.5 Å². The number of likely N-dealkylation sites (tertiary alicyclic amines) is 1. The number of ether oxygens (including phenoxy) is 2. The Hall–Kier alpha value is -1.86. The fourth-order valence-corrected chi connectivity index (χ4v) is 2.33. The van der Waals surface area contributed by atoms with Crippen molar-refractivity contribution in [2.75, 3.05) is 40.0 Å². The first-order valence-corrected chi connectivity index (χ1v) is 7.35. The highest BCUT2D eigenvalue weighted by Gasteiger charge is 2.34. The van der Waals surface area contributed by atoms with Gasteiger partial charge in [-0.2, -0.15) is 0 Å². The summed E-state index contributed by atoms with van der Waals surface area (Å²) in [4.78, 5) is 25.6. The molecule has 0 aliphatic carbocycles. The minimum absolute atomic E-state index is 0.0205. The summed E-state index contributed by atoms with van der Waals surface area (Å²) in [5, 5.41) is 2.79. The number of nitrogens with one attached hydrogen (secondary N) is 1. The predicted molar refractivity (Wildman–Crippen MR) is 77.9 cm³/mol. The summed E-state index contributed by atoms with van der Waals surface area (Å²) in [5.74, 6) is 0.293. The molecule has 0 saturated carbocycles. The van der Waals surface area contributed by atoms with E-state index in [-0.39, 0.29) is 24.2 Å². The summed E-state index contributed by atoms with van der Waals surface area (Å²) in [6.07, 6.45) is 1.82. The molecule has 2 rings (SSSR count). The molecule has 0 bridgehead atoms. The first-order chi connectivity index (χ1) is 10.7. The third-order valence-corrected chi connectivity index (χ3v) is 3.49. The van der Waals surface area contributed by atoms with Gasteiger partial charge in [-0.25, -0.2) is 0 Å². The standard InChI is InChI=1S/C15H22N2O5/c1-20-7-8-21-6-4-16-15(19)12-9-14(18)17(10-12)11-13-3-2-5-22-13/h2-3,5,12H,4,6-11H2,1H3,(H,16,19). The van der Waals surface area contributed by atoms with Crippen molar-refractivity contribution >= 4 is 11.8 Å². The lowest BCUT2D eigenvalue weighted by molar-refractivity contribution is -0.129. The molecule has 22 heavy (non-hydrogen) atoms. The third kappa shape index (κ3) is 4.85. The lowest BCUT2D eigenvalue weighted by atomic mass is 10.1. The fraction of sp³-hybridized carbons (Fsp3) is 0.600. The number of hydrogen-bond acceptors (Lipinski definition) is 5. The Labute approximate surface area is 129 Å². The van der Waals surface area contributed by atoms with Gasteiger partial charge in [0.05, 0.1) is 38.5 Å². The Morgan fingerprint density at radius 3 is 3.05 bits per heavy atom. The zero-order chi connectivity index (χ0) is 15.8. The van der Waals surface area contributed by atoms with E-state index < -0.39 is 0 Å². The first kappa shape index (κ1) is 16.5. The second kappa shape index (κ2) is 8.55. The molecule has 1 aliphatic heterocycles. The molecule has 1 fully saturated rings. The van der Waals surface area contributed by atoms with Gasteiger partial charge in [0.1, 0.15) is 5.76 Å². The van der Waals surface area contributed by atoms with E-state index >= 15 is 0 Å². The molecular formula is C15H22N2O5. The summed E-state index contributed by atoms with van der Waals surface area (Å²) in [7, 11) is 1.61. The molecule has 1 aromatic heterocycles. The van der Waals surface area contributed by atoms with Gasteiger partial charge < -0.3 is 24.1 Å². The SMILES string of the molecule is COCCOCCNC(=O)C1CC(=O)N(Cc2ccco2)C1. The first-order valence-electron chi connectivity index (χ1n) is 7.35. The number of carbonyl (C=O) groups excluding carboxylic acids is 2. The van der Waals surface area contributed by atoms with Gasteiger partial charge in [0, 0.05) is 26.6 Å². The number of hydrogen-bond donors (Lipinski definition) is 1. The fourth-order valence-electron chi connectivity index (χ4n) is 2.33. The van der Waals surface area contributed by atoms with Crippen LogP contribution >= 0.6 is 0 Å². The van der Waals surface area contributed by atoms with Gasteiger partial charge >= 0.3 is 0 Å². The Balaban J connectivity index is 1.67. The summed E-state index contributed by atoms with van der Waals surface area (Å²) in [6, 6.07) is 3.60. The summed E-state index contributed by atoms with van der Waals surface area (Å²) >= 11 is 0. The van der Waals surface area contributed by atoms with Crippen molar-refractivity contribution in [1.29, 1.82) is 0 Å². The summed E-state index contributed by atoms with van der Waals surface area (Å²) in [6.45, 7) is 2.75. The van der Waals surface area contributed by atoms with E-state index in [1.807, 2.05) is 6.07 Å². The van der Waals surface area contributed by atoms with E-state index in [1.165, 1.54) is 0 Å². The van der Waals surface area contributed by atoms with E-state index in [1.54, 1.807) is 24.3 Å². The maximum atomic E-state index is 12.0. The van der Waals surface area contributed by atoms with E-state index in [0.717, 1.165) is 5.76 Å². The van der Waals surface area contributed by atoms with Crippen molar-refractivity contribution in [1.82, 2.24) is 10.2 Å². The second-order valence-corrected chi connectivity index (χ2v) is 5.15. The highest BCUT2D eigenvalue weighted by molar-refractivity contribution is 5.89. The van der Waals surface area contributed by atoms with Crippen molar-refractivity contribution in [3.8, 4) is 0 Å². The van der Waals surface area contributed by atoms with Crippen LogP contribution in [0, 0.1) is 5.92 Å². The number of rotatable bonds is 9. The molecule has 122 valence electrons. The van der Waals surface area contributed by atoms with Crippen LogP contribution in [0.15, 0.2) is 22.8 Å². The van der Waals surface area contributed by atoms with Gasteiger partial charge in [0.2, 0.25) is 11.8 Å². The van der Waals surface area contributed by atoms with Gasteiger partial charge in [-0.05, 0) is 12.1 Å². The number of methoxy groups -OCH3 is 1. The van der Waals surface area contributed by atoms with Gasteiger partial charge in [0.25, 0.3) is 0 Å². The second-order valence-electron chi connectivity index (χ2n) is 5.15. The molecule has 2 heterocycles. The van der Waals surface area contributed by atoms with E-state index in [4.69, 9.17) is 13.9 Å². The van der Waals surface area contributed by atoms with Crippen LogP contribution in [0.5, 0.6) is 0 Å². The summed E-state index contributed by atoms with van der Waals surface area (Å²) in [5.41, 5.74) is 0. The van der Waals surface area contributed by atoms with Crippen molar-refractivity contribution in [3.63, 3.8) is 0 Å². The molecule has 0 radical (unpaired) electrons. The van der Waals surface area contributed by atoms with Crippen LogP contribution in [0.1, 0.15) is 12.2 Å². The van der Waals surface area contributed by atoms with Crippen LogP contribution in [0.3, 0.4) is 0 Å². The van der Waals surface area contributed by atoms with Crippen LogP contribution in [0.4, 0.5) is 0 Å². The molecule has 1 atom stereocenters. The van der Waals surface area contributed by atoms with E-state index in [0.29, 0.717) is 39.5 Å². The molecule has 2 amide bonds. The predicted octanol–water partition coefficient (Wildman–Crippen LogP) is 0.407. The Morgan fingerprint density at radius 2 is 2.32 bits per heavy atom. The van der Waals surface area contributed by atoms with Crippen LogP contribution in [-0.2, 0) is 25.6 Å². The van der Waals surface area contributed by atoms with Crippen molar-refractivity contribution in [2.45, 2.75) is 13.0 Å². The number of furan rings is 1. The van der Waals surface area contributed by atoms with Crippen LogP contribution in [-0.4, -0.2) is 56.7 Å². The quantitative estimate of drug-likeness (QED) is 0.668. The maximum Gasteiger partial charge on any atom is 0.225 e. The molecular weight excluding hydrogens is 288 g/mol. The smallest absolute Gasteiger partial charge is 0.225 e. The highest BCUT2D eigenvalue weighted by atomic mass is 16.5. The lowest BCUT2D eigenvalue weighted by Gasteiger charge is -2.15. The Kier molecular flexibility index (Phi) is 6.42. The normalized spacial score (nSPS) is 18.0. The molecule has 1 N–H and O–H groups in total. The average Bonchev–Trinajstić information content (AvgIpc) is 3.13. The lowest BCUT2D eigenvalue weighted by Crippen LogP contribution is -2.34. The van der Waals surface area contributed by atoms with Gasteiger partial charge in [-0.3, -0.25) is 9.59 Å². The van der Waals surface area contributed by atoms with Gasteiger partial charge in [0.15, 0.2) is 0 Å². The number of carbonyl (C=O) groups is 2. The topological polar surface area (TPSA) is 81.0 Å². The zero-order valence-electron chi connectivity index (χ0n) is 12.7. The molecule has 0 aromatic carbocycles. The zero-order valence-corrected chi connectivity index (χ0v) is 12.7.